The van der Waals surface area contributed by atoms with Crippen molar-refractivity contribution in [2.24, 2.45) is 0 Å². The lowest BCUT2D eigenvalue weighted by atomic mass is 10.1. The predicted molar refractivity (Wildman–Crippen MR) is 132 cm³/mol. The van der Waals surface area contributed by atoms with Crippen LogP contribution in [-0.2, 0) is 14.3 Å². The molecular formula is C26H19ClFN3O5. The fourth-order valence-electron chi connectivity index (χ4n) is 2.95. The van der Waals surface area contributed by atoms with Gasteiger partial charge in [0.15, 0.2) is 6.61 Å². The molecule has 3 rings (SSSR count). The maximum Gasteiger partial charge on any atom is 0.337 e. The number of hydrogen-bond acceptors (Lipinski definition) is 6. The Bertz CT molecular complexity index is 1350. The third-order valence-corrected chi connectivity index (χ3v) is 4.92. The highest BCUT2D eigenvalue weighted by atomic mass is 35.5. The molecule has 8 nitrogen and oxygen atoms in total. The fraction of sp³-hybridized carbons (Fsp3) is 0.0769. The van der Waals surface area contributed by atoms with Gasteiger partial charge in [0.2, 0.25) is 0 Å². The number of methoxy groups -OCH3 is 1. The van der Waals surface area contributed by atoms with Crippen LogP contribution in [0.15, 0.2) is 72.3 Å². The van der Waals surface area contributed by atoms with E-state index in [1.807, 2.05) is 6.07 Å². The van der Waals surface area contributed by atoms with Crippen molar-refractivity contribution in [2.75, 3.05) is 24.4 Å². The maximum absolute atomic E-state index is 13.0. The molecule has 0 aliphatic carbocycles. The van der Waals surface area contributed by atoms with Crippen molar-refractivity contribution >= 4 is 46.8 Å². The van der Waals surface area contributed by atoms with Gasteiger partial charge >= 0.3 is 5.97 Å². The van der Waals surface area contributed by atoms with Crippen LogP contribution >= 0.6 is 11.6 Å². The van der Waals surface area contributed by atoms with E-state index in [4.69, 9.17) is 16.3 Å². The lowest BCUT2D eigenvalue weighted by molar-refractivity contribution is -0.118. The Morgan fingerprint density at radius 1 is 1.00 bits per heavy atom. The van der Waals surface area contributed by atoms with E-state index in [2.05, 4.69) is 15.4 Å². The minimum atomic E-state index is -0.705. The molecule has 182 valence electrons. The van der Waals surface area contributed by atoms with E-state index in [1.165, 1.54) is 79.9 Å². The van der Waals surface area contributed by atoms with Crippen molar-refractivity contribution in [1.29, 1.82) is 5.26 Å². The minimum absolute atomic E-state index is 0.205. The van der Waals surface area contributed by atoms with E-state index in [-0.39, 0.29) is 17.9 Å². The number of hydrogen-bond donors (Lipinski definition) is 2. The number of ether oxygens (including phenoxy) is 2. The molecule has 3 aromatic carbocycles. The first-order chi connectivity index (χ1) is 17.3. The molecule has 0 spiro atoms. The van der Waals surface area contributed by atoms with E-state index in [0.29, 0.717) is 27.5 Å². The van der Waals surface area contributed by atoms with Gasteiger partial charge in [-0.15, -0.1) is 0 Å². The van der Waals surface area contributed by atoms with Gasteiger partial charge < -0.3 is 20.1 Å². The predicted octanol–water partition coefficient (Wildman–Crippen LogP) is 4.83. The second kappa shape index (κ2) is 12.1. The average molecular weight is 508 g/mol. The van der Waals surface area contributed by atoms with Crippen LogP contribution < -0.4 is 15.4 Å². The van der Waals surface area contributed by atoms with Gasteiger partial charge in [-0.25, -0.2) is 9.18 Å². The van der Waals surface area contributed by atoms with E-state index < -0.39 is 23.6 Å². The first kappa shape index (κ1) is 25.9. The van der Waals surface area contributed by atoms with Crippen LogP contribution in [0.1, 0.15) is 15.9 Å². The van der Waals surface area contributed by atoms with Crippen LogP contribution in [0.4, 0.5) is 15.8 Å². The van der Waals surface area contributed by atoms with Gasteiger partial charge in [0.05, 0.1) is 12.7 Å². The number of nitrogens with one attached hydrogen (secondary N) is 2. The Morgan fingerprint density at radius 2 is 1.64 bits per heavy atom. The van der Waals surface area contributed by atoms with Gasteiger partial charge in [0.1, 0.15) is 23.2 Å². The molecule has 0 bridgehead atoms. The number of benzene rings is 3. The maximum atomic E-state index is 13.0. The fourth-order valence-corrected chi connectivity index (χ4v) is 3.13. The standard InChI is InChI=1S/C26H19ClFN3O5/c1-35-26(34)16-2-7-22(8-3-16)31-25(33)18(14-29)12-17-13-19(27)4-11-23(17)36-15-24(32)30-21-9-5-20(28)6-10-21/h2-13H,15H2,1H3,(H,30,32)(H,31,33)/b18-12-. The molecule has 10 heteroatoms. The molecule has 0 radical (unpaired) electrons. The molecule has 0 aliphatic rings. The number of nitrogens with zero attached hydrogens (tertiary/aromatic N) is 1. The second-order valence-electron chi connectivity index (χ2n) is 7.22. The highest BCUT2D eigenvalue weighted by molar-refractivity contribution is 6.30. The molecule has 0 saturated heterocycles. The van der Waals surface area contributed by atoms with Crippen molar-refractivity contribution in [3.63, 3.8) is 0 Å². The van der Waals surface area contributed by atoms with E-state index in [9.17, 15) is 24.0 Å². The Kier molecular flexibility index (Phi) is 8.75. The number of amides is 2. The van der Waals surface area contributed by atoms with Crippen molar-refractivity contribution in [3.05, 3.63) is 94.3 Å². The van der Waals surface area contributed by atoms with E-state index >= 15 is 0 Å². The largest absolute Gasteiger partial charge is 0.483 e. The Labute approximate surface area is 210 Å². The first-order valence-electron chi connectivity index (χ1n) is 10.4. The summed E-state index contributed by atoms with van der Waals surface area (Å²) < 4.78 is 23.2. The quantitative estimate of drug-likeness (QED) is 0.256. The Morgan fingerprint density at radius 3 is 2.28 bits per heavy atom. The number of carbonyl (C=O) groups is 3. The molecule has 0 aromatic heterocycles. The third kappa shape index (κ3) is 7.16. The molecule has 36 heavy (non-hydrogen) atoms. The zero-order chi connectivity index (χ0) is 26.1. The number of esters is 1. The van der Waals surface area contributed by atoms with Crippen LogP contribution in [0.25, 0.3) is 6.08 Å². The molecule has 0 heterocycles. The van der Waals surface area contributed by atoms with Gasteiger partial charge in [0, 0.05) is 22.0 Å². The third-order valence-electron chi connectivity index (χ3n) is 4.69. The summed E-state index contributed by atoms with van der Waals surface area (Å²) in [7, 11) is 1.26. The van der Waals surface area contributed by atoms with Gasteiger partial charge in [-0.1, -0.05) is 11.6 Å². The molecule has 0 unspecified atom stereocenters. The molecule has 0 fully saturated rings. The van der Waals surface area contributed by atoms with E-state index in [1.54, 1.807) is 0 Å². The van der Waals surface area contributed by atoms with Gasteiger partial charge in [-0.3, -0.25) is 9.59 Å². The number of rotatable bonds is 8. The summed E-state index contributed by atoms with van der Waals surface area (Å²) in [6.45, 7) is -0.388. The van der Waals surface area contributed by atoms with Crippen molar-refractivity contribution in [3.8, 4) is 11.8 Å². The summed E-state index contributed by atoms with van der Waals surface area (Å²) >= 11 is 6.07. The van der Waals surface area contributed by atoms with Crippen molar-refractivity contribution in [1.82, 2.24) is 0 Å². The lowest BCUT2D eigenvalue weighted by Gasteiger charge is -2.11. The minimum Gasteiger partial charge on any atom is -0.483 e. The molecule has 0 atom stereocenters. The van der Waals surface area contributed by atoms with E-state index in [0.717, 1.165) is 0 Å². The molecule has 2 amide bonds. The van der Waals surface area contributed by atoms with Crippen LogP contribution in [0.3, 0.4) is 0 Å². The van der Waals surface area contributed by atoms with Crippen molar-refractivity contribution in [2.45, 2.75) is 0 Å². The Balaban J connectivity index is 1.72. The van der Waals surface area contributed by atoms with Crippen LogP contribution in [0, 0.1) is 17.1 Å². The smallest absolute Gasteiger partial charge is 0.337 e. The summed E-state index contributed by atoms with van der Waals surface area (Å²) in [5.74, 6) is -1.96. The number of nitriles is 1. The summed E-state index contributed by atoms with van der Waals surface area (Å²) in [5.41, 5.74) is 1.09. The molecular weight excluding hydrogens is 489 g/mol. The summed E-state index contributed by atoms with van der Waals surface area (Å²) in [5, 5.41) is 15.0. The molecule has 3 aromatic rings. The normalized spacial score (nSPS) is 10.7. The highest BCUT2D eigenvalue weighted by Gasteiger charge is 2.14. The van der Waals surface area contributed by atoms with Gasteiger partial charge in [-0.2, -0.15) is 5.26 Å². The van der Waals surface area contributed by atoms with Gasteiger partial charge in [-0.05, 0) is 72.8 Å². The van der Waals surface area contributed by atoms with Crippen LogP contribution in [0.5, 0.6) is 5.75 Å². The highest BCUT2D eigenvalue weighted by Crippen LogP contribution is 2.26. The summed E-state index contributed by atoms with van der Waals surface area (Å²) in [6.07, 6.45) is 1.28. The lowest BCUT2D eigenvalue weighted by Crippen LogP contribution is -2.20. The number of anilines is 2. The van der Waals surface area contributed by atoms with Gasteiger partial charge in [0.25, 0.3) is 11.8 Å². The zero-order valence-corrected chi connectivity index (χ0v) is 19.6. The first-order valence-corrected chi connectivity index (χ1v) is 10.8. The second-order valence-corrected chi connectivity index (χ2v) is 7.66. The van der Waals surface area contributed by atoms with Crippen LogP contribution in [0.2, 0.25) is 5.02 Å². The summed E-state index contributed by atoms with van der Waals surface area (Å²) in [6, 6.07) is 17.5. The zero-order valence-electron chi connectivity index (χ0n) is 18.9. The average Bonchev–Trinajstić information content (AvgIpc) is 2.88. The summed E-state index contributed by atoms with van der Waals surface area (Å²) in [4.78, 5) is 36.4. The molecule has 0 saturated carbocycles. The monoisotopic (exact) mass is 507 g/mol. The topological polar surface area (TPSA) is 118 Å². The SMILES string of the molecule is COC(=O)c1ccc(NC(=O)/C(C#N)=C\c2cc(Cl)ccc2OCC(=O)Nc2ccc(F)cc2)cc1. The molecule has 0 aliphatic heterocycles. The van der Waals surface area contributed by atoms with Crippen LogP contribution in [-0.4, -0.2) is 31.5 Å². The molecule has 2 N–H and O–H groups in total. The Hall–Kier alpha value is -4.68. The van der Waals surface area contributed by atoms with Crippen molar-refractivity contribution < 1.29 is 28.2 Å². The number of halogens is 2. The number of carbonyl (C=O) groups excluding carboxylic acids is 3.